The molecule has 2 rings (SSSR count). The number of amides is 1. The maximum Gasteiger partial charge on any atom is 0.251 e. The van der Waals surface area contributed by atoms with Crippen LogP contribution in [0.3, 0.4) is 0 Å². The zero-order valence-electron chi connectivity index (χ0n) is 17.2. The van der Waals surface area contributed by atoms with E-state index >= 15 is 0 Å². The Balaban J connectivity index is 1.68. The molecule has 0 heterocycles. The number of benzene rings is 2. The van der Waals surface area contributed by atoms with Crippen molar-refractivity contribution in [3.05, 3.63) is 64.7 Å². The first-order valence-corrected chi connectivity index (χ1v) is 9.85. The SMILES string of the molecule is COC#CCOc1ccc(CCNC(=O)C(COCc2ccc(Cl)cc2)OC)cc1. The topological polar surface area (TPSA) is 66.0 Å². The summed E-state index contributed by atoms with van der Waals surface area (Å²) in [5, 5.41) is 3.55. The van der Waals surface area contributed by atoms with Crippen LogP contribution in [0.2, 0.25) is 5.02 Å². The average molecular weight is 432 g/mol. The lowest BCUT2D eigenvalue weighted by Crippen LogP contribution is -2.39. The zero-order chi connectivity index (χ0) is 21.6. The van der Waals surface area contributed by atoms with Crippen LogP contribution in [0.25, 0.3) is 0 Å². The molecule has 2 aromatic rings. The minimum atomic E-state index is -0.665. The quantitative estimate of drug-likeness (QED) is 0.553. The summed E-state index contributed by atoms with van der Waals surface area (Å²) in [6, 6.07) is 15.0. The predicted octanol–water partition coefficient (Wildman–Crippen LogP) is 3.22. The summed E-state index contributed by atoms with van der Waals surface area (Å²) in [7, 11) is 3.00. The maximum absolute atomic E-state index is 12.3. The number of methoxy groups -OCH3 is 2. The van der Waals surface area contributed by atoms with Gasteiger partial charge in [0.15, 0.2) is 12.7 Å². The van der Waals surface area contributed by atoms with Gasteiger partial charge in [-0.05, 0) is 47.7 Å². The minimum Gasteiger partial charge on any atom is -0.481 e. The molecule has 0 saturated carbocycles. The molecule has 1 amide bonds. The van der Waals surface area contributed by atoms with Gasteiger partial charge < -0.3 is 24.3 Å². The van der Waals surface area contributed by atoms with E-state index in [0.717, 1.165) is 16.9 Å². The van der Waals surface area contributed by atoms with Gasteiger partial charge in [0.05, 0.1) is 20.3 Å². The Morgan fingerprint density at radius 1 is 1.07 bits per heavy atom. The fourth-order valence-electron chi connectivity index (χ4n) is 2.53. The van der Waals surface area contributed by atoms with Crippen LogP contribution in [0.5, 0.6) is 5.75 Å². The molecule has 0 aliphatic rings. The van der Waals surface area contributed by atoms with Crippen LogP contribution in [0.4, 0.5) is 0 Å². The van der Waals surface area contributed by atoms with Gasteiger partial charge >= 0.3 is 0 Å². The van der Waals surface area contributed by atoms with E-state index < -0.39 is 6.10 Å². The van der Waals surface area contributed by atoms with Gasteiger partial charge in [0.2, 0.25) is 0 Å². The highest BCUT2D eigenvalue weighted by Gasteiger charge is 2.17. The molecule has 1 unspecified atom stereocenters. The molecule has 0 saturated heterocycles. The molecule has 1 N–H and O–H groups in total. The summed E-state index contributed by atoms with van der Waals surface area (Å²) >= 11 is 5.86. The first kappa shape index (κ1) is 23.6. The first-order valence-electron chi connectivity index (χ1n) is 9.47. The molecule has 0 aromatic heterocycles. The number of nitrogens with one attached hydrogen (secondary N) is 1. The van der Waals surface area contributed by atoms with Crippen LogP contribution >= 0.6 is 11.6 Å². The van der Waals surface area contributed by atoms with E-state index in [2.05, 4.69) is 22.1 Å². The van der Waals surface area contributed by atoms with E-state index in [-0.39, 0.29) is 19.1 Å². The van der Waals surface area contributed by atoms with Gasteiger partial charge in [0, 0.05) is 18.7 Å². The Hall–Kier alpha value is -2.72. The largest absolute Gasteiger partial charge is 0.481 e. The zero-order valence-corrected chi connectivity index (χ0v) is 17.9. The summed E-state index contributed by atoms with van der Waals surface area (Å²) in [5.74, 6) is 3.24. The third kappa shape index (κ3) is 8.75. The van der Waals surface area contributed by atoms with E-state index in [1.807, 2.05) is 36.4 Å². The minimum absolute atomic E-state index is 0.170. The molecule has 7 heteroatoms. The summed E-state index contributed by atoms with van der Waals surface area (Å²) < 4.78 is 20.9. The summed E-state index contributed by atoms with van der Waals surface area (Å²) in [5.41, 5.74) is 2.06. The molecule has 2 aromatic carbocycles. The van der Waals surface area contributed by atoms with Crippen molar-refractivity contribution < 1.29 is 23.7 Å². The van der Waals surface area contributed by atoms with Gasteiger partial charge in [0.1, 0.15) is 11.9 Å². The summed E-state index contributed by atoms with van der Waals surface area (Å²) in [6.45, 7) is 1.32. The fraction of sp³-hybridized carbons (Fsp3) is 0.348. The average Bonchev–Trinajstić information content (AvgIpc) is 2.76. The number of hydrogen-bond acceptors (Lipinski definition) is 5. The second-order valence-electron chi connectivity index (χ2n) is 6.32. The predicted molar refractivity (Wildman–Crippen MR) is 115 cm³/mol. The van der Waals surface area contributed by atoms with Crippen molar-refractivity contribution in [2.24, 2.45) is 0 Å². The van der Waals surface area contributed by atoms with Crippen LogP contribution < -0.4 is 10.1 Å². The Morgan fingerprint density at radius 2 is 1.77 bits per heavy atom. The standard InChI is InChI=1S/C23H26ClNO5/c1-27-14-3-15-30-21-10-6-18(7-11-21)12-13-25-23(26)22(28-2)17-29-16-19-4-8-20(24)9-5-19/h4-11,22H,12-13,15-17H2,1-2H3,(H,25,26). The molecule has 0 spiro atoms. The van der Waals surface area contributed by atoms with Crippen molar-refractivity contribution in [1.29, 1.82) is 0 Å². The van der Waals surface area contributed by atoms with Crippen LogP contribution in [0.1, 0.15) is 11.1 Å². The highest BCUT2D eigenvalue weighted by atomic mass is 35.5. The normalized spacial score (nSPS) is 11.2. The number of halogens is 1. The van der Waals surface area contributed by atoms with Crippen molar-refractivity contribution in [2.45, 2.75) is 19.1 Å². The van der Waals surface area contributed by atoms with Crippen molar-refractivity contribution in [3.63, 3.8) is 0 Å². The second kappa shape index (κ2) is 13.5. The molecule has 0 fully saturated rings. The molecular formula is C23H26ClNO5. The van der Waals surface area contributed by atoms with E-state index in [9.17, 15) is 4.79 Å². The Kier molecular flexibility index (Phi) is 10.6. The van der Waals surface area contributed by atoms with E-state index in [0.29, 0.717) is 24.6 Å². The van der Waals surface area contributed by atoms with Gasteiger partial charge in [-0.3, -0.25) is 4.79 Å². The molecular weight excluding hydrogens is 406 g/mol. The van der Waals surface area contributed by atoms with Crippen LogP contribution in [0, 0.1) is 12.0 Å². The van der Waals surface area contributed by atoms with Crippen molar-refractivity contribution >= 4 is 17.5 Å². The summed E-state index contributed by atoms with van der Waals surface area (Å²) in [4.78, 5) is 12.3. The van der Waals surface area contributed by atoms with Gasteiger partial charge in [-0.25, -0.2) is 0 Å². The van der Waals surface area contributed by atoms with Crippen molar-refractivity contribution in [1.82, 2.24) is 5.32 Å². The molecule has 30 heavy (non-hydrogen) atoms. The lowest BCUT2D eigenvalue weighted by atomic mass is 10.1. The van der Waals surface area contributed by atoms with Crippen molar-refractivity contribution in [3.8, 4) is 17.8 Å². The Bertz CT molecular complexity index is 827. The monoisotopic (exact) mass is 431 g/mol. The molecule has 1 atom stereocenters. The third-order valence-corrected chi connectivity index (χ3v) is 4.40. The van der Waals surface area contributed by atoms with E-state index in [1.165, 1.54) is 14.2 Å². The van der Waals surface area contributed by atoms with E-state index in [1.54, 1.807) is 12.1 Å². The van der Waals surface area contributed by atoms with E-state index in [4.69, 9.17) is 25.8 Å². The van der Waals surface area contributed by atoms with Crippen molar-refractivity contribution in [2.75, 3.05) is 34.0 Å². The van der Waals surface area contributed by atoms with Crippen LogP contribution in [-0.2, 0) is 32.0 Å². The second-order valence-corrected chi connectivity index (χ2v) is 6.76. The van der Waals surface area contributed by atoms with Crippen LogP contribution in [0.15, 0.2) is 48.5 Å². The maximum atomic E-state index is 12.3. The molecule has 0 bridgehead atoms. The van der Waals surface area contributed by atoms with Gasteiger partial charge in [-0.2, -0.15) is 0 Å². The molecule has 6 nitrogen and oxygen atoms in total. The third-order valence-electron chi connectivity index (χ3n) is 4.15. The highest BCUT2D eigenvalue weighted by molar-refractivity contribution is 6.30. The van der Waals surface area contributed by atoms with Crippen LogP contribution in [-0.4, -0.2) is 46.0 Å². The Labute approximate surface area is 182 Å². The lowest BCUT2D eigenvalue weighted by Gasteiger charge is -2.15. The molecule has 0 aliphatic heterocycles. The molecule has 0 radical (unpaired) electrons. The highest BCUT2D eigenvalue weighted by Crippen LogP contribution is 2.12. The number of rotatable bonds is 11. The van der Waals surface area contributed by atoms with Gasteiger partial charge in [-0.15, -0.1) is 0 Å². The fourth-order valence-corrected chi connectivity index (χ4v) is 2.66. The first-order chi connectivity index (χ1) is 14.6. The number of hydrogen-bond donors (Lipinski definition) is 1. The Morgan fingerprint density at radius 3 is 2.43 bits per heavy atom. The van der Waals surface area contributed by atoms with Gasteiger partial charge in [0.25, 0.3) is 5.91 Å². The number of carbonyl (C=O) groups is 1. The lowest BCUT2D eigenvalue weighted by molar-refractivity contribution is -0.135. The smallest absolute Gasteiger partial charge is 0.251 e. The molecule has 160 valence electrons. The van der Waals surface area contributed by atoms with Gasteiger partial charge in [-0.1, -0.05) is 35.9 Å². The number of carbonyl (C=O) groups excluding carboxylic acids is 1. The molecule has 0 aliphatic carbocycles. The number of ether oxygens (including phenoxy) is 4. The summed E-state index contributed by atoms with van der Waals surface area (Å²) in [6.07, 6.45) is 2.49.